The molecule has 10 aromatic carbocycles. The van der Waals surface area contributed by atoms with E-state index in [9.17, 15) is 20.4 Å². The summed E-state index contributed by atoms with van der Waals surface area (Å²) in [5.41, 5.74) is 4.44. The number of imidazole rings is 1. The number of aryl methyl sites for hydroxylation is 1. The Kier molecular flexibility index (Phi) is 33.2. The van der Waals surface area contributed by atoms with E-state index in [0.717, 1.165) is 88.5 Å². The average molecular weight is 1570 g/mol. The van der Waals surface area contributed by atoms with Crippen molar-refractivity contribution in [1.82, 2.24) is 14.5 Å². The van der Waals surface area contributed by atoms with E-state index in [1.54, 1.807) is 60.9 Å². The van der Waals surface area contributed by atoms with Gasteiger partial charge in [0, 0.05) is 45.4 Å². The van der Waals surface area contributed by atoms with E-state index in [-0.39, 0.29) is 72.6 Å². The molecule has 23 nitrogen and oxygen atoms in total. The molecule has 0 radical (unpaired) electrons. The first-order valence-corrected chi connectivity index (χ1v) is 34.5. The molecule has 0 aliphatic carbocycles. The summed E-state index contributed by atoms with van der Waals surface area (Å²) in [6.45, 7) is 5.57. The second kappa shape index (κ2) is 41.8. The number of hydrogen-bond donors (Lipinski definition) is 4. The number of pyridine rings is 2. The minimum absolute atomic E-state index is 0. The third kappa shape index (κ3) is 26.2. The SMILES string of the molecule is C[N+](C)(C)CCOc1cccc(N=Nc2c(O)ccc3ccccc23)c1.C[N+](C)(C)CCOc1ncccc1N=Nc1c(O)ccc2ccccc12.C[N+](C)(C)CCOc1ncccc1N=Nc1ccc(O)c2ccccc12.C[n+]1ccn(CCOc2ccccc2N=Nc2c(O)ccc3ccccc23)c1.[Cl-].[Cl-].[Cl-].[Cl-]. The lowest BCUT2D eigenvalue weighted by Crippen LogP contribution is -3.00. The van der Waals surface area contributed by atoms with Gasteiger partial charge >= 0.3 is 0 Å². The fourth-order valence-electron chi connectivity index (χ4n) is 10.4. The molecule has 3 heterocycles. The van der Waals surface area contributed by atoms with Crippen LogP contribution in [0.25, 0.3) is 43.1 Å². The van der Waals surface area contributed by atoms with Crippen molar-refractivity contribution in [3.8, 4) is 46.3 Å². The quantitative estimate of drug-likeness (QED) is 0.0286. The highest BCUT2D eigenvalue weighted by Crippen LogP contribution is 2.41. The second-order valence-electron chi connectivity index (χ2n) is 27.8. The van der Waals surface area contributed by atoms with Gasteiger partial charge in [0.1, 0.15) is 134 Å². The monoisotopic (exact) mass is 1570 g/mol. The number of halogens is 4. The first kappa shape index (κ1) is 87.5. The Hall–Kier alpha value is -11.4. The number of rotatable bonds is 24. The number of hydrogen-bond acceptors (Lipinski definition) is 18. The zero-order valence-corrected chi connectivity index (χ0v) is 66.0. The van der Waals surface area contributed by atoms with Crippen molar-refractivity contribution in [3.05, 3.63) is 250 Å². The molecule has 0 bridgehead atoms. The molecule has 13 aromatic rings. The van der Waals surface area contributed by atoms with Crippen LogP contribution in [0.5, 0.6) is 46.3 Å². The smallest absolute Gasteiger partial charge is 0.243 e. The minimum atomic E-state index is 0. The summed E-state index contributed by atoms with van der Waals surface area (Å²) in [7, 11) is 21.0. The zero-order chi connectivity index (χ0) is 75.1. The van der Waals surface area contributed by atoms with Crippen molar-refractivity contribution >= 4 is 88.6 Å². The van der Waals surface area contributed by atoms with Crippen molar-refractivity contribution in [3.63, 3.8) is 0 Å². The van der Waals surface area contributed by atoms with Crippen molar-refractivity contribution in [2.45, 2.75) is 6.54 Å². The lowest BCUT2D eigenvalue weighted by Gasteiger charge is -2.23. The zero-order valence-electron chi connectivity index (χ0n) is 63.0. The van der Waals surface area contributed by atoms with E-state index in [1.165, 1.54) is 0 Å². The van der Waals surface area contributed by atoms with Gasteiger partial charge in [-0.25, -0.2) is 19.1 Å². The highest BCUT2D eigenvalue weighted by atomic mass is 35.5. The van der Waals surface area contributed by atoms with Crippen molar-refractivity contribution in [1.29, 1.82) is 0 Å². The molecule has 110 heavy (non-hydrogen) atoms. The molecule has 0 fully saturated rings. The Morgan fingerprint density at radius 3 is 1.26 bits per heavy atom. The third-order valence-electron chi connectivity index (χ3n) is 16.2. The maximum absolute atomic E-state index is 10.2. The summed E-state index contributed by atoms with van der Waals surface area (Å²) < 4.78 is 29.8. The van der Waals surface area contributed by atoms with Crippen molar-refractivity contribution < 1.29 is 107 Å². The molecule has 3 aromatic heterocycles. The van der Waals surface area contributed by atoms with Crippen LogP contribution in [0.15, 0.2) is 290 Å². The number of ether oxygens (including phenoxy) is 4. The van der Waals surface area contributed by atoms with Crippen LogP contribution in [0.2, 0.25) is 0 Å². The number of azo groups is 4. The summed E-state index contributed by atoms with van der Waals surface area (Å²) in [6.07, 6.45) is 9.32. The standard InChI is InChI=1S/C22H20N4O2.C21H23N3O2.2C20H22N4O2.4ClH/c1-25-12-13-26(16-25)14-15-28-21-9-5-4-8-19(21)23-24-22-18-7-3-2-6-17(18)10-11-20(22)27;1-24(2,3)13-14-26-18-9-6-8-17(15-18)22-23-21-19-10-5-4-7-16(19)11-12-20(21)25;1-24(2,3)13-14-26-20-18(9-6-12-21-20)23-22-17-10-11-19(25)16-8-5-4-7-15(16)17;1-24(2,3)13-14-26-20-17(9-6-12-21-20)22-23-19-16-8-5-4-7-15(16)10-11-18(19)25;;;;/h2-13,16H,14-15H2,1H3;4-12,15H,13-14H2,1-3H3;2*4-12H,13-14H2,1-3H3;4*1H. The summed E-state index contributed by atoms with van der Waals surface area (Å²) in [6, 6.07) is 66.9. The van der Waals surface area contributed by atoms with Gasteiger partial charge in [-0.3, -0.25) is 0 Å². The molecule has 4 N–H and O–H groups in total. The van der Waals surface area contributed by atoms with E-state index in [1.807, 2.05) is 200 Å². The largest absolute Gasteiger partial charge is 1.00 e. The number of para-hydroxylation sites is 1. The van der Waals surface area contributed by atoms with E-state index >= 15 is 0 Å². The molecule has 0 amide bonds. The van der Waals surface area contributed by atoms with Crippen LogP contribution in [0, 0.1) is 0 Å². The Morgan fingerprint density at radius 1 is 0.364 bits per heavy atom. The molecule has 0 saturated carbocycles. The van der Waals surface area contributed by atoms with E-state index in [4.69, 9.17) is 18.9 Å². The van der Waals surface area contributed by atoms with E-state index in [0.29, 0.717) is 89.4 Å². The van der Waals surface area contributed by atoms with Gasteiger partial charge in [0.25, 0.3) is 0 Å². The molecule has 27 heteroatoms. The van der Waals surface area contributed by atoms with Crippen LogP contribution in [-0.2, 0) is 13.6 Å². The summed E-state index contributed by atoms with van der Waals surface area (Å²) in [4.78, 5) is 8.51. The lowest BCUT2D eigenvalue weighted by molar-refractivity contribution is -0.870. The summed E-state index contributed by atoms with van der Waals surface area (Å²) in [5, 5.41) is 82.2. The third-order valence-corrected chi connectivity index (χ3v) is 16.2. The topological polar surface area (TPSA) is 251 Å². The molecule has 0 spiro atoms. The van der Waals surface area contributed by atoms with Crippen molar-refractivity contribution in [2.75, 3.05) is 109 Å². The van der Waals surface area contributed by atoms with Gasteiger partial charge in [0.2, 0.25) is 18.1 Å². The molecule has 0 saturated heterocycles. The van der Waals surface area contributed by atoms with E-state index < -0.39 is 0 Å². The number of nitrogens with zero attached hydrogens (tertiary/aromatic N) is 15. The minimum Gasteiger partial charge on any atom is -1.00 e. The van der Waals surface area contributed by atoms with Crippen LogP contribution >= 0.6 is 0 Å². The van der Waals surface area contributed by atoms with Gasteiger partial charge in [-0.05, 0) is 95.0 Å². The number of likely N-dealkylation sites (N-methyl/N-ethyl adjacent to an activating group) is 3. The number of quaternary nitrogens is 3. The molecule has 0 aliphatic heterocycles. The Labute approximate surface area is 665 Å². The highest BCUT2D eigenvalue weighted by molar-refractivity contribution is 5.98. The fourth-order valence-corrected chi connectivity index (χ4v) is 10.4. The van der Waals surface area contributed by atoms with Crippen molar-refractivity contribution in [2.24, 2.45) is 48.0 Å². The molecule has 0 atom stereocenters. The van der Waals surface area contributed by atoms with Gasteiger partial charge in [0.15, 0.2) is 0 Å². The lowest BCUT2D eigenvalue weighted by atomic mass is 10.1. The first-order valence-electron chi connectivity index (χ1n) is 34.5. The highest BCUT2D eigenvalue weighted by Gasteiger charge is 2.16. The van der Waals surface area contributed by atoms with Crippen LogP contribution in [0.4, 0.5) is 45.5 Å². The maximum Gasteiger partial charge on any atom is 0.243 e. The molecular weight excluding hydrogens is 1480 g/mol. The maximum atomic E-state index is 10.2. The number of phenolic OH excluding ortho intramolecular Hbond substituents is 4. The van der Waals surface area contributed by atoms with Crippen LogP contribution in [0.3, 0.4) is 0 Å². The van der Waals surface area contributed by atoms with Gasteiger partial charge in [-0.2, -0.15) is 5.11 Å². The molecule has 0 aliphatic rings. The van der Waals surface area contributed by atoms with Gasteiger partial charge < -0.3 is 102 Å². The van der Waals surface area contributed by atoms with Gasteiger partial charge in [0.05, 0.1) is 81.9 Å². The predicted molar refractivity (Wildman–Crippen MR) is 417 cm³/mol. The predicted octanol–water partition coefficient (Wildman–Crippen LogP) is 6.61. The van der Waals surface area contributed by atoms with Crippen LogP contribution in [-0.4, -0.2) is 158 Å². The van der Waals surface area contributed by atoms with Gasteiger partial charge in [-0.15, -0.1) is 35.8 Å². The number of fused-ring (bicyclic) bond motifs is 4. The number of benzene rings is 10. The molecule has 0 unspecified atom stereocenters. The Bertz CT molecular complexity index is 5240. The number of phenols is 4. The van der Waals surface area contributed by atoms with Gasteiger partial charge in [-0.1, -0.05) is 133 Å². The molecule has 13 rings (SSSR count). The Balaban J connectivity index is 0.000000226. The summed E-state index contributed by atoms with van der Waals surface area (Å²) >= 11 is 0. The average Bonchev–Trinajstić information content (AvgIpc) is 0.888. The number of aromatic nitrogens is 4. The summed E-state index contributed by atoms with van der Waals surface area (Å²) in [5.74, 6) is 2.84. The van der Waals surface area contributed by atoms with Crippen LogP contribution < -0.4 is 73.1 Å². The number of aromatic hydroxyl groups is 4. The first-order chi connectivity index (χ1) is 51.0. The van der Waals surface area contributed by atoms with Crippen LogP contribution in [0.1, 0.15) is 0 Å². The Morgan fingerprint density at radius 2 is 0.773 bits per heavy atom. The second-order valence-corrected chi connectivity index (χ2v) is 27.8. The fraction of sp³-hybridized carbons (Fsp3) is 0.217. The molecule has 574 valence electrons. The normalized spacial score (nSPS) is 11.4. The molecular formula is C83H91Cl4N15O8. The van der Waals surface area contributed by atoms with E-state index in [2.05, 4.69) is 119 Å².